The first-order valence-electron chi connectivity index (χ1n) is 6.58. The molecule has 0 aliphatic carbocycles. The van der Waals surface area contributed by atoms with Crippen molar-refractivity contribution in [1.29, 1.82) is 0 Å². The predicted molar refractivity (Wildman–Crippen MR) is 75.9 cm³/mol. The van der Waals surface area contributed by atoms with Crippen LogP contribution >= 0.6 is 0 Å². The molecule has 98 valence electrons. The number of nitrogens with one attached hydrogen (secondary N) is 1. The number of fused-ring (bicyclic) bond motifs is 1. The summed E-state index contributed by atoms with van der Waals surface area (Å²) in [6, 6.07) is 16.4. The smallest absolute Gasteiger partial charge is 0.142 e. The van der Waals surface area contributed by atoms with Gasteiger partial charge in [-0.1, -0.05) is 24.3 Å². The number of benzene rings is 2. The number of para-hydroxylation sites is 2. The lowest BCUT2D eigenvalue weighted by molar-refractivity contribution is 0.286. The molecule has 19 heavy (non-hydrogen) atoms. The third-order valence-electron chi connectivity index (χ3n) is 3.22. The first-order chi connectivity index (χ1) is 9.36. The summed E-state index contributed by atoms with van der Waals surface area (Å²) in [4.78, 5) is 0. The Hall–Kier alpha value is -2.16. The van der Waals surface area contributed by atoms with Gasteiger partial charge in [-0.05, 0) is 36.8 Å². The van der Waals surface area contributed by atoms with E-state index in [2.05, 4.69) is 17.4 Å². The topological polar surface area (TPSA) is 30.5 Å². The van der Waals surface area contributed by atoms with E-state index in [4.69, 9.17) is 9.47 Å². The normalized spacial score (nSPS) is 17.0. The van der Waals surface area contributed by atoms with E-state index in [0.717, 1.165) is 17.2 Å². The summed E-state index contributed by atoms with van der Waals surface area (Å²) in [5.74, 6) is 1.83. The van der Waals surface area contributed by atoms with E-state index < -0.39 is 0 Å². The van der Waals surface area contributed by atoms with Gasteiger partial charge in [-0.25, -0.2) is 0 Å². The SMILES string of the molecule is CCOc1ccc([C@@H]2COc3ccccc3N2)cc1. The van der Waals surface area contributed by atoms with Crippen LogP contribution in [0.4, 0.5) is 5.69 Å². The lowest BCUT2D eigenvalue weighted by atomic mass is 10.1. The highest BCUT2D eigenvalue weighted by atomic mass is 16.5. The van der Waals surface area contributed by atoms with Gasteiger partial charge < -0.3 is 14.8 Å². The average Bonchev–Trinajstić information content (AvgIpc) is 2.48. The van der Waals surface area contributed by atoms with Crippen molar-refractivity contribution in [3.8, 4) is 11.5 Å². The fraction of sp³-hybridized carbons (Fsp3) is 0.250. The van der Waals surface area contributed by atoms with Gasteiger partial charge in [-0.15, -0.1) is 0 Å². The molecular weight excluding hydrogens is 238 g/mol. The summed E-state index contributed by atoms with van der Waals surface area (Å²) in [5.41, 5.74) is 2.26. The van der Waals surface area contributed by atoms with E-state index in [0.29, 0.717) is 13.2 Å². The van der Waals surface area contributed by atoms with Gasteiger partial charge in [0.25, 0.3) is 0 Å². The molecule has 0 spiro atoms. The maximum absolute atomic E-state index is 5.77. The van der Waals surface area contributed by atoms with Crippen molar-refractivity contribution in [3.05, 3.63) is 54.1 Å². The molecule has 0 amide bonds. The van der Waals surface area contributed by atoms with Crippen LogP contribution in [0.15, 0.2) is 48.5 Å². The molecule has 0 aromatic heterocycles. The maximum atomic E-state index is 5.77. The molecule has 0 saturated carbocycles. The van der Waals surface area contributed by atoms with Crippen LogP contribution in [0.25, 0.3) is 0 Å². The van der Waals surface area contributed by atoms with E-state index >= 15 is 0 Å². The number of ether oxygens (including phenoxy) is 2. The highest BCUT2D eigenvalue weighted by molar-refractivity contribution is 5.59. The van der Waals surface area contributed by atoms with E-state index in [9.17, 15) is 0 Å². The number of hydrogen-bond donors (Lipinski definition) is 1. The molecule has 3 nitrogen and oxygen atoms in total. The Balaban J connectivity index is 1.77. The second-order valence-electron chi connectivity index (χ2n) is 4.51. The first kappa shape index (κ1) is 11.9. The molecule has 2 aromatic carbocycles. The van der Waals surface area contributed by atoms with Crippen molar-refractivity contribution in [2.75, 3.05) is 18.5 Å². The van der Waals surface area contributed by atoms with Crippen molar-refractivity contribution in [1.82, 2.24) is 0 Å². The van der Waals surface area contributed by atoms with Crippen LogP contribution in [-0.2, 0) is 0 Å². The summed E-state index contributed by atoms with van der Waals surface area (Å²) in [6.07, 6.45) is 0. The molecule has 0 fully saturated rings. The van der Waals surface area contributed by atoms with Gasteiger partial charge in [0, 0.05) is 0 Å². The fourth-order valence-electron chi connectivity index (χ4n) is 2.26. The lowest BCUT2D eigenvalue weighted by Crippen LogP contribution is -2.23. The Kier molecular flexibility index (Phi) is 3.27. The van der Waals surface area contributed by atoms with Crippen LogP contribution in [0.1, 0.15) is 18.5 Å². The summed E-state index contributed by atoms with van der Waals surface area (Å²) in [5, 5.41) is 3.50. The molecular formula is C16H17NO2. The largest absolute Gasteiger partial charge is 0.494 e. The standard InChI is InChI=1S/C16H17NO2/c1-2-18-13-9-7-12(8-10-13)15-11-19-16-6-4-3-5-14(16)17-15/h3-10,15,17H,2,11H2,1H3/t15-/m0/s1. The van der Waals surface area contributed by atoms with Gasteiger partial charge in [0.05, 0.1) is 18.3 Å². The third kappa shape index (κ3) is 2.50. The van der Waals surface area contributed by atoms with Gasteiger partial charge in [0.15, 0.2) is 0 Å². The quantitative estimate of drug-likeness (QED) is 0.908. The van der Waals surface area contributed by atoms with Crippen LogP contribution < -0.4 is 14.8 Å². The van der Waals surface area contributed by atoms with E-state index in [1.165, 1.54) is 5.56 Å². The molecule has 0 radical (unpaired) electrons. The van der Waals surface area contributed by atoms with Crippen molar-refractivity contribution in [2.24, 2.45) is 0 Å². The third-order valence-corrected chi connectivity index (χ3v) is 3.22. The molecule has 1 atom stereocenters. The van der Waals surface area contributed by atoms with Crippen LogP contribution in [0.3, 0.4) is 0 Å². The number of anilines is 1. The summed E-state index contributed by atoms with van der Waals surface area (Å²) >= 11 is 0. The first-order valence-corrected chi connectivity index (χ1v) is 6.58. The molecule has 3 heteroatoms. The zero-order chi connectivity index (χ0) is 13.1. The molecule has 1 aliphatic rings. The second kappa shape index (κ2) is 5.22. The molecule has 0 bridgehead atoms. The molecule has 1 heterocycles. The van der Waals surface area contributed by atoms with Crippen molar-refractivity contribution >= 4 is 5.69 Å². The average molecular weight is 255 g/mol. The van der Waals surface area contributed by atoms with E-state index in [-0.39, 0.29) is 6.04 Å². The Labute approximate surface area is 113 Å². The number of hydrogen-bond acceptors (Lipinski definition) is 3. The highest BCUT2D eigenvalue weighted by Gasteiger charge is 2.19. The summed E-state index contributed by atoms with van der Waals surface area (Å²) in [6.45, 7) is 3.32. The molecule has 1 aliphatic heterocycles. The molecule has 0 unspecified atom stereocenters. The van der Waals surface area contributed by atoms with Gasteiger partial charge in [-0.3, -0.25) is 0 Å². The van der Waals surface area contributed by atoms with Gasteiger partial charge >= 0.3 is 0 Å². The minimum atomic E-state index is 0.186. The van der Waals surface area contributed by atoms with E-state index in [1.54, 1.807) is 0 Å². The minimum Gasteiger partial charge on any atom is -0.494 e. The van der Waals surface area contributed by atoms with Gasteiger partial charge in [0.1, 0.15) is 18.1 Å². The Morgan fingerprint density at radius 1 is 1.16 bits per heavy atom. The van der Waals surface area contributed by atoms with E-state index in [1.807, 2.05) is 43.3 Å². The van der Waals surface area contributed by atoms with Crippen LogP contribution in [0.2, 0.25) is 0 Å². The van der Waals surface area contributed by atoms with Crippen LogP contribution in [-0.4, -0.2) is 13.2 Å². The highest BCUT2D eigenvalue weighted by Crippen LogP contribution is 2.33. The Bertz CT molecular complexity index is 551. The lowest BCUT2D eigenvalue weighted by Gasteiger charge is -2.27. The van der Waals surface area contributed by atoms with Crippen molar-refractivity contribution < 1.29 is 9.47 Å². The van der Waals surface area contributed by atoms with Gasteiger partial charge in [-0.2, -0.15) is 0 Å². The van der Waals surface area contributed by atoms with Gasteiger partial charge in [0.2, 0.25) is 0 Å². The fourth-order valence-corrected chi connectivity index (χ4v) is 2.26. The van der Waals surface area contributed by atoms with Crippen LogP contribution in [0.5, 0.6) is 11.5 Å². The zero-order valence-electron chi connectivity index (χ0n) is 10.9. The number of rotatable bonds is 3. The second-order valence-corrected chi connectivity index (χ2v) is 4.51. The van der Waals surface area contributed by atoms with Crippen molar-refractivity contribution in [2.45, 2.75) is 13.0 Å². The minimum absolute atomic E-state index is 0.186. The van der Waals surface area contributed by atoms with Crippen molar-refractivity contribution in [3.63, 3.8) is 0 Å². The monoisotopic (exact) mass is 255 g/mol. The molecule has 3 rings (SSSR count). The Morgan fingerprint density at radius 3 is 2.74 bits per heavy atom. The molecule has 1 N–H and O–H groups in total. The Morgan fingerprint density at radius 2 is 1.95 bits per heavy atom. The summed E-state index contributed by atoms with van der Waals surface area (Å²) < 4.78 is 11.2. The predicted octanol–water partition coefficient (Wildman–Crippen LogP) is 3.63. The zero-order valence-corrected chi connectivity index (χ0v) is 10.9. The molecule has 2 aromatic rings. The molecule has 0 saturated heterocycles. The summed E-state index contributed by atoms with van der Waals surface area (Å²) in [7, 11) is 0. The van der Waals surface area contributed by atoms with Crippen LogP contribution in [0, 0.1) is 0 Å². The maximum Gasteiger partial charge on any atom is 0.142 e.